The number of halogens is 1. The van der Waals surface area contributed by atoms with Crippen molar-refractivity contribution in [3.05, 3.63) is 65.0 Å². The number of benzene rings is 2. The van der Waals surface area contributed by atoms with E-state index in [9.17, 15) is 14.3 Å². The highest BCUT2D eigenvalue weighted by Gasteiger charge is 2.14. The van der Waals surface area contributed by atoms with Crippen LogP contribution in [0.1, 0.15) is 36.6 Å². The fourth-order valence-electron chi connectivity index (χ4n) is 2.61. The van der Waals surface area contributed by atoms with Gasteiger partial charge >= 0.3 is 6.03 Å². The second-order valence-electron chi connectivity index (χ2n) is 5.53. The number of amides is 2. The summed E-state index contributed by atoms with van der Waals surface area (Å²) in [6, 6.07) is 11.5. The van der Waals surface area contributed by atoms with E-state index < -0.39 is 18.0 Å². The molecule has 0 aliphatic heterocycles. The number of aryl methyl sites for hydroxylation is 2. The largest absolute Gasteiger partial charge is 0.386 e. The van der Waals surface area contributed by atoms with Crippen molar-refractivity contribution in [3.63, 3.8) is 0 Å². The van der Waals surface area contributed by atoms with Crippen LogP contribution in [0.25, 0.3) is 0 Å². The van der Waals surface area contributed by atoms with Gasteiger partial charge in [0.15, 0.2) is 0 Å². The SMILES string of the molecule is CCc1cccc(CC)c1NC(=O)NC[C@H](O)c1ccccc1F. The number of aliphatic hydroxyl groups is 1. The highest BCUT2D eigenvalue weighted by atomic mass is 19.1. The number of rotatable bonds is 6. The summed E-state index contributed by atoms with van der Waals surface area (Å²) in [6.07, 6.45) is 0.520. The zero-order valence-electron chi connectivity index (χ0n) is 14.0. The zero-order valence-corrected chi connectivity index (χ0v) is 14.0. The van der Waals surface area contributed by atoms with Crippen LogP contribution in [0.2, 0.25) is 0 Å². The summed E-state index contributed by atoms with van der Waals surface area (Å²) in [5, 5.41) is 15.5. The predicted octanol–water partition coefficient (Wildman–Crippen LogP) is 3.81. The lowest BCUT2D eigenvalue weighted by atomic mass is 10.0. The van der Waals surface area contributed by atoms with E-state index in [1.54, 1.807) is 12.1 Å². The Hall–Kier alpha value is -2.40. The van der Waals surface area contributed by atoms with Crippen LogP contribution in [0.5, 0.6) is 0 Å². The third kappa shape index (κ3) is 4.32. The summed E-state index contributed by atoms with van der Waals surface area (Å²) >= 11 is 0. The molecule has 0 spiro atoms. The van der Waals surface area contributed by atoms with E-state index in [1.165, 1.54) is 12.1 Å². The number of carbonyl (C=O) groups excluding carboxylic acids is 1. The Bertz CT molecular complexity index is 681. The molecule has 2 aromatic carbocycles. The van der Waals surface area contributed by atoms with Crippen molar-refractivity contribution >= 4 is 11.7 Å². The molecule has 0 heterocycles. The molecule has 24 heavy (non-hydrogen) atoms. The van der Waals surface area contributed by atoms with Gasteiger partial charge in [0.05, 0.1) is 6.10 Å². The van der Waals surface area contributed by atoms with Gasteiger partial charge < -0.3 is 15.7 Å². The van der Waals surface area contributed by atoms with Crippen LogP contribution in [0.4, 0.5) is 14.9 Å². The van der Waals surface area contributed by atoms with Crippen LogP contribution in [-0.2, 0) is 12.8 Å². The van der Waals surface area contributed by atoms with Gasteiger partial charge in [-0.1, -0.05) is 50.2 Å². The number of anilines is 1. The Balaban J connectivity index is 2.01. The zero-order chi connectivity index (χ0) is 17.5. The topological polar surface area (TPSA) is 61.4 Å². The molecular formula is C19H23FN2O2. The molecular weight excluding hydrogens is 307 g/mol. The first kappa shape index (κ1) is 17.9. The van der Waals surface area contributed by atoms with Crippen molar-refractivity contribution < 1.29 is 14.3 Å². The van der Waals surface area contributed by atoms with Crippen molar-refractivity contribution in [1.29, 1.82) is 0 Å². The van der Waals surface area contributed by atoms with Gasteiger partial charge in [-0.3, -0.25) is 0 Å². The second-order valence-corrected chi connectivity index (χ2v) is 5.53. The first-order chi connectivity index (χ1) is 11.6. The van der Waals surface area contributed by atoms with Crippen LogP contribution in [0.3, 0.4) is 0 Å². The number of aliphatic hydroxyl groups excluding tert-OH is 1. The minimum absolute atomic E-state index is 0.0669. The average molecular weight is 330 g/mol. The van der Waals surface area contributed by atoms with Gasteiger partial charge in [0.1, 0.15) is 5.82 Å². The molecule has 0 aliphatic carbocycles. The number of carbonyl (C=O) groups is 1. The Morgan fingerprint density at radius 1 is 1.08 bits per heavy atom. The van der Waals surface area contributed by atoms with Crippen molar-refractivity contribution in [2.24, 2.45) is 0 Å². The highest BCUT2D eigenvalue weighted by Crippen LogP contribution is 2.22. The number of hydrogen-bond acceptors (Lipinski definition) is 2. The quantitative estimate of drug-likeness (QED) is 0.754. The van der Waals surface area contributed by atoms with Gasteiger partial charge in [0, 0.05) is 17.8 Å². The lowest BCUT2D eigenvalue weighted by Gasteiger charge is -2.17. The van der Waals surface area contributed by atoms with E-state index in [0.29, 0.717) is 0 Å². The van der Waals surface area contributed by atoms with Gasteiger partial charge in [-0.05, 0) is 30.0 Å². The van der Waals surface area contributed by atoms with E-state index in [2.05, 4.69) is 10.6 Å². The fraction of sp³-hybridized carbons (Fsp3) is 0.316. The standard InChI is InChI=1S/C19H23FN2O2/c1-3-13-8-7-9-14(4-2)18(13)22-19(24)21-12-17(23)15-10-5-6-11-16(15)20/h5-11,17,23H,3-4,12H2,1-2H3,(H2,21,22,24)/t17-/m0/s1. The lowest BCUT2D eigenvalue weighted by Crippen LogP contribution is -2.33. The Labute approximate surface area is 141 Å². The number of nitrogens with one attached hydrogen (secondary N) is 2. The van der Waals surface area contributed by atoms with Gasteiger partial charge in [-0.25, -0.2) is 9.18 Å². The predicted molar refractivity (Wildman–Crippen MR) is 93.6 cm³/mol. The van der Waals surface area contributed by atoms with Crippen molar-refractivity contribution in [3.8, 4) is 0 Å². The first-order valence-electron chi connectivity index (χ1n) is 8.14. The molecule has 4 nitrogen and oxygen atoms in total. The molecule has 2 rings (SSSR count). The van der Waals surface area contributed by atoms with Crippen LogP contribution in [0, 0.1) is 5.82 Å². The van der Waals surface area contributed by atoms with Crippen molar-refractivity contribution in [1.82, 2.24) is 5.32 Å². The summed E-state index contributed by atoms with van der Waals surface area (Å²) in [4.78, 5) is 12.1. The fourth-order valence-corrected chi connectivity index (χ4v) is 2.61. The molecule has 128 valence electrons. The molecule has 0 aliphatic rings. The first-order valence-corrected chi connectivity index (χ1v) is 8.14. The third-order valence-corrected chi connectivity index (χ3v) is 3.96. The Kier molecular flexibility index (Phi) is 6.32. The van der Waals surface area contributed by atoms with E-state index in [0.717, 1.165) is 29.7 Å². The van der Waals surface area contributed by atoms with Gasteiger partial charge in [0.25, 0.3) is 0 Å². The second kappa shape index (κ2) is 8.45. The molecule has 0 unspecified atom stereocenters. The molecule has 0 radical (unpaired) electrons. The molecule has 2 aromatic rings. The number of para-hydroxylation sites is 1. The van der Waals surface area contributed by atoms with Gasteiger partial charge in [-0.15, -0.1) is 0 Å². The minimum atomic E-state index is -1.09. The molecule has 0 saturated carbocycles. The van der Waals surface area contributed by atoms with E-state index in [1.807, 2.05) is 32.0 Å². The van der Waals surface area contributed by atoms with Gasteiger partial charge in [-0.2, -0.15) is 0 Å². The molecule has 1 atom stereocenters. The number of hydrogen-bond donors (Lipinski definition) is 3. The van der Waals surface area contributed by atoms with E-state index in [4.69, 9.17) is 0 Å². The molecule has 2 amide bonds. The smallest absolute Gasteiger partial charge is 0.319 e. The molecule has 3 N–H and O–H groups in total. The summed E-state index contributed by atoms with van der Waals surface area (Å²) < 4.78 is 13.6. The molecule has 5 heteroatoms. The Morgan fingerprint density at radius 3 is 2.29 bits per heavy atom. The van der Waals surface area contributed by atoms with Crippen LogP contribution >= 0.6 is 0 Å². The number of urea groups is 1. The molecule has 0 bridgehead atoms. The maximum absolute atomic E-state index is 13.6. The average Bonchev–Trinajstić information content (AvgIpc) is 2.60. The van der Waals surface area contributed by atoms with E-state index >= 15 is 0 Å². The van der Waals surface area contributed by atoms with Crippen LogP contribution in [0.15, 0.2) is 42.5 Å². The van der Waals surface area contributed by atoms with E-state index in [-0.39, 0.29) is 12.1 Å². The lowest BCUT2D eigenvalue weighted by molar-refractivity contribution is 0.170. The molecule has 0 saturated heterocycles. The summed E-state index contributed by atoms with van der Waals surface area (Å²) in [5.41, 5.74) is 3.08. The van der Waals surface area contributed by atoms with Crippen LogP contribution in [-0.4, -0.2) is 17.7 Å². The molecule has 0 aromatic heterocycles. The van der Waals surface area contributed by atoms with Gasteiger partial charge in [0.2, 0.25) is 0 Å². The van der Waals surface area contributed by atoms with Crippen molar-refractivity contribution in [2.45, 2.75) is 32.8 Å². The summed E-state index contributed by atoms with van der Waals surface area (Å²) in [6.45, 7) is 3.99. The normalized spacial score (nSPS) is 11.8. The maximum atomic E-state index is 13.6. The molecule has 0 fully saturated rings. The van der Waals surface area contributed by atoms with Crippen LogP contribution < -0.4 is 10.6 Å². The van der Waals surface area contributed by atoms with Crippen molar-refractivity contribution in [2.75, 3.05) is 11.9 Å². The minimum Gasteiger partial charge on any atom is -0.386 e. The summed E-state index contributed by atoms with van der Waals surface area (Å²) in [5.74, 6) is -0.489. The summed E-state index contributed by atoms with van der Waals surface area (Å²) in [7, 11) is 0. The highest BCUT2D eigenvalue weighted by molar-refractivity contribution is 5.91. The third-order valence-electron chi connectivity index (χ3n) is 3.96. The Morgan fingerprint density at radius 2 is 1.71 bits per heavy atom. The maximum Gasteiger partial charge on any atom is 0.319 e. The monoisotopic (exact) mass is 330 g/mol.